The minimum atomic E-state index is -0.181. The number of thioether (sulfide) groups is 1. The summed E-state index contributed by atoms with van der Waals surface area (Å²) in [4.78, 5) is 29.8. The quantitative estimate of drug-likeness (QED) is 0.258. The standard InChI is InChI=1S/C21H17N5O2S2/c1-26-20(28)17-11-12-29-19(17)23-21(26)30-13-18(27)22-14-7-9-16(10-8-14)25-24-15-5-3-2-4-6-15/h2-12H,13H2,1H3,(H,22,27). The fourth-order valence-electron chi connectivity index (χ4n) is 2.66. The molecule has 4 aromatic rings. The molecule has 0 aliphatic rings. The zero-order chi connectivity index (χ0) is 20.9. The molecule has 30 heavy (non-hydrogen) atoms. The van der Waals surface area contributed by atoms with Crippen LogP contribution in [0.2, 0.25) is 0 Å². The Morgan fingerprint density at radius 1 is 1.07 bits per heavy atom. The first-order valence-corrected chi connectivity index (χ1v) is 10.9. The zero-order valence-electron chi connectivity index (χ0n) is 16.0. The number of fused-ring (bicyclic) bond motifs is 1. The number of azo groups is 1. The summed E-state index contributed by atoms with van der Waals surface area (Å²) < 4.78 is 1.47. The predicted octanol–water partition coefficient (Wildman–Crippen LogP) is 5.14. The van der Waals surface area contributed by atoms with E-state index in [0.717, 1.165) is 5.69 Å². The number of rotatable bonds is 6. The van der Waals surface area contributed by atoms with Crippen LogP contribution < -0.4 is 10.9 Å². The molecular formula is C21H17N5O2S2. The number of carbonyl (C=O) groups excluding carboxylic acids is 1. The Kier molecular flexibility index (Phi) is 6.01. The summed E-state index contributed by atoms with van der Waals surface area (Å²) >= 11 is 2.64. The van der Waals surface area contributed by atoms with Crippen molar-refractivity contribution < 1.29 is 4.79 Å². The number of nitrogens with zero attached hydrogens (tertiary/aromatic N) is 4. The number of thiophene rings is 1. The fourth-order valence-corrected chi connectivity index (χ4v) is 4.23. The first-order chi connectivity index (χ1) is 14.6. The highest BCUT2D eigenvalue weighted by atomic mass is 32.2. The first kappa shape index (κ1) is 20.0. The second kappa shape index (κ2) is 9.02. The molecule has 9 heteroatoms. The molecule has 0 fully saturated rings. The lowest BCUT2D eigenvalue weighted by Gasteiger charge is -2.08. The van der Waals surface area contributed by atoms with Gasteiger partial charge in [0.05, 0.1) is 22.5 Å². The van der Waals surface area contributed by atoms with Crippen molar-refractivity contribution in [3.8, 4) is 0 Å². The lowest BCUT2D eigenvalue weighted by molar-refractivity contribution is -0.113. The van der Waals surface area contributed by atoms with Crippen LogP contribution in [0.3, 0.4) is 0 Å². The maximum atomic E-state index is 12.3. The number of hydrogen-bond donors (Lipinski definition) is 1. The lowest BCUT2D eigenvalue weighted by Crippen LogP contribution is -2.20. The van der Waals surface area contributed by atoms with Crippen molar-refractivity contribution in [1.82, 2.24) is 9.55 Å². The maximum absolute atomic E-state index is 12.3. The van der Waals surface area contributed by atoms with Crippen molar-refractivity contribution in [2.24, 2.45) is 17.3 Å². The number of aromatic nitrogens is 2. The Bertz CT molecular complexity index is 1260. The number of hydrogen-bond acceptors (Lipinski definition) is 7. The molecule has 0 spiro atoms. The first-order valence-electron chi connectivity index (χ1n) is 9.04. The predicted molar refractivity (Wildman–Crippen MR) is 121 cm³/mol. The lowest BCUT2D eigenvalue weighted by atomic mass is 10.3. The molecule has 0 atom stereocenters. The molecule has 4 rings (SSSR count). The van der Waals surface area contributed by atoms with Crippen molar-refractivity contribution in [2.45, 2.75) is 5.16 Å². The van der Waals surface area contributed by atoms with Gasteiger partial charge in [0, 0.05) is 12.7 Å². The molecule has 0 aliphatic heterocycles. The molecule has 2 heterocycles. The van der Waals surface area contributed by atoms with E-state index in [1.54, 1.807) is 37.4 Å². The molecule has 0 bridgehead atoms. The van der Waals surface area contributed by atoms with Gasteiger partial charge in [0.25, 0.3) is 5.56 Å². The molecular weight excluding hydrogens is 418 g/mol. The van der Waals surface area contributed by atoms with Gasteiger partial charge < -0.3 is 5.32 Å². The summed E-state index contributed by atoms with van der Waals surface area (Å²) in [6.07, 6.45) is 0. The second-order valence-electron chi connectivity index (χ2n) is 6.32. The van der Waals surface area contributed by atoms with Crippen LogP contribution in [0, 0.1) is 0 Å². The minimum absolute atomic E-state index is 0.107. The summed E-state index contributed by atoms with van der Waals surface area (Å²) in [5, 5.41) is 14.1. The molecule has 1 N–H and O–H groups in total. The van der Waals surface area contributed by atoms with Gasteiger partial charge in [-0.05, 0) is 47.8 Å². The van der Waals surface area contributed by atoms with Crippen molar-refractivity contribution in [3.63, 3.8) is 0 Å². The van der Waals surface area contributed by atoms with Gasteiger partial charge in [-0.25, -0.2) is 4.98 Å². The second-order valence-corrected chi connectivity index (χ2v) is 8.15. The SMILES string of the molecule is Cn1c(SCC(=O)Nc2ccc(N=Nc3ccccc3)cc2)nc2sccc2c1=O. The molecule has 0 unspecified atom stereocenters. The topological polar surface area (TPSA) is 88.7 Å². The van der Waals surface area contributed by atoms with Crippen LogP contribution in [0.15, 0.2) is 86.2 Å². The Morgan fingerprint density at radius 3 is 2.50 bits per heavy atom. The molecule has 7 nitrogen and oxygen atoms in total. The molecule has 2 aromatic carbocycles. The number of carbonyl (C=O) groups is 1. The summed E-state index contributed by atoms with van der Waals surface area (Å²) in [6, 6.07) is 18.3. The van der Waals surface area contributed by atoms with E-state index in [-0.39, 0.29) is 17.2 Å². The minimum Gasteiger partial charge on any atom is -0.325 e. The van der Waals surface area contributed by atoms with E-state index >= 15 is 0 Å². The summed E-state index contributed by atoms with van der Waals surface area (Å²) in [6.45, 7) is 0. The Balaban J connectivity index is 1.36. The van der Waals surface area contributed by atoms with Crippen LogP contribution in [0.5, 0.6) is 0 Å². The van der Waals surface area contributed by atoms with E-state index in [9.17, 15) is 9.59 Å². The fraction of sp³-hybridized carbons (Fsp3) is 0.0952. The van der Waals surface area contributed by atoms with Gasteiger partial charge in [-0.15, -0.1) is 11.3 Å². The van der Waals surface area contributed by atoms with Crippen LogP contribution in [-0.2, 0) is 11.8 Å². The molecule has 150 valence electrons. The van der Waals surface area contributed by atoms with E-state index in [4.69, 9.17) is 0 Å². The van der Waals surface area contributed by atoms with Crippen LogP contribution in [0.25, 0.3) is 10.2 Å². The molecule has 0 saturated carbocycles. The van der Waals surface area contributed by atoms with Crippen molar-refractivity contribution in [3.05, 3.63) is 76.4 Å². The van der Waals surface area contributed by atoms with Gasteiger partial charge >= 0.3 is 0 Å². The van der Waals surface area contributed by atoms with E-state index in [2.05, 4.69) is 20.5 Å². The van der Waals surface area contributed by atoms with Crippen LogP contribution in [0.1, 0.15) is 0 Å². The number of nitrogens with one attached hydrogen (secondary N) is 1. The van der Waals surface area contributed by atoms with Gasteiger partial charge in [0.15, 0.2) is 5.16 Å². The van der Waals surface area contributed by atoms with Gasteiger partial charge in [-0.3, -0.25) is 14.2 Å². The van der Waals surface area contributed by atoms with E-state index < -0.39 is 0 Å². The highest BCUT2D eigenvalue weighted by Gasteiger charge is 2.12. The van der Waals surface area contributed by atoms with Gasteiger partial charge in [-0.1, -0.05) is 30.0 Å². The average molecular weight is 436 g/mol. The third-order valence-corrected chi connectivity index (χ3v) is 6.02. The van der Waals surface area contributed by atoms with Gasteiger partial charge in [-0.2, -0.15) is 10.2 Å². The molecule has 1 amide bonds. The highest BCUT2D eigenvalue weighted by Crippen LogP contribution is 2.22. The normalized spacial score (nSPS) is 11.2. The van der Waals surface area contributed by atoms with Crippen LogP contribution >= 0.6 is 23.1 Å². The Morgan fingerprint density at radius 2 is 1.77 bits per heavy atom. The third kappa shape index (κ3) is 4.64. The molecule has 0 radical (unpaired) electrons. The third-order valence-electron chi connectivity index (χ3n) is 4.18. The van der Waals surface area contributed by atoms with E-state index in [1.165, 1.54) is 27.7 Å². The summed E-state index contributed by atoms with van der Waals surface area (Å²) in [7, 11) is 1.66. The Hall–Kier alpha value is -3.30. The molecule has 0 aliphatic carbocycles. The van der Waals surface area contributed by atoms with Gasteiger partial charge in [0.1, 0.15) is 4.83 Å². The zero-order valence-corrected chi connectivity index (χ0v) is 17.6. The largest absolute Gasteiger partial charge is 0.325 e. The van der Waals surface area contributed by atoms with Crippen molar-refractivity contribution in [1.29, 1.82) is 0 Å². The van der Waals surface area contributed by atoms with Gasteiger partial charge in [0.2, 0.25) is 5.91 Å². The maximum Gasteiger partial charge on any atom is 0.262 e. The van der Waals surface area contributed by atoms with E-state index in [1.807, 2.05) is 35.7 Å². The average Bonchev–Trinajstić information content (AvgIpc) is 3.24. The molecule has 2 aromatic heterocycles. The molecule has 0 saturated heterocycles. The monoisotopic (exact) mass is 435 g/mol. The van der Waals surface area contributed by atoms with Crippen molar-refractivity contribution >= 4 is 56.3 Å². The van der Waals surface area contributed by atoms with Crippen molar-refractivity contribution in [2.75, 3.05) is 11.1 Å². The van der Waals surface area contributed by atoms with E-state index in [0.29, 0.717) is 26.7 Å². The number of amides is 1. The number of benzene rings is 2. The Labute approximate surface area is 180 Å². The highest BCUT2D eigenvalue weighted by molar-refractivity contribution is 7.99. The number of anilines is 1. The summed E-state index contributed by atoms with van der Waals surface area (Å²) in [5.74, 6) is -0.0358. The van der Waals surface area contributed by atoms with Crippen LogP contribution in [-0.4, -0.2) is 21.2 Å². The van der Waals surface area contributed by atoms with Crippen LogP contribution in [0.4, 0.5) is 17.1 Å². The smallest absolute Gasteiger partial charge is 0.262 e. The summed E-state index contributed by atoms with van der Waals surface area (Å²) in [5.41, 5.74) is 2.02.